The third-order valence-corrected chi connectivity index (χ3v) is 3.64. The second-order valence-electron chi connectivity index (χ2n) is 5.17. The maximum Gasteiger partial charge on any atom is 0.224 e. The highest BCUT2D eigenvalue weighted by molar-refractivity contribution is 5.78. The van der Waals surface area contributed by atoms with Gasteiger partial charge in [0.2, 0.25) is 5.91 Å². The smallest absolute Gasteiger partial charge is 0.224 e. The van der Waals surface area contributed by atoms with Gasteiger partial charge in [-0.15, -0.1) is 10.2 Å². The molecule has 0 saturated heterocycles. The summed E-state index contributed by atoms with van der Waals surface area (Å²) in [6, 6.07) is 0. The van der Waals surface area contributed by atoms with Crippen molar-refractivity contribution >= 4 is 5.91 Å². The summed E-state index contributed by atoms with van der Waals surface area (Å²) >= 11 is 0. The number of nitrogens with one attached hydrogen (secondary N) is 1. The molecule has 1 aliphatic rings. The lowest BCUT2D eigenvalue weighted by Gasteiger charge is -2.10. The first-order chi connectivity index (χ1) is 9.22. The molecule has 1 atom stereocenters. The van der Waals surface area contributed by atoms with Crippen LogP contribution in [-0.2, 0) is 24.2 Å². The summed E-state index contributed by atoms with van der Waals surface area (Å²) in [6.07, 6.45) is 5.39. The predicted molar refractivity (Wildman–Crippen MR) is 72.5 cm³/mol. The Kier molecular flexibility index (Phi) is 4.90. The van der Waals surface area contributed by atoms with Gasteiger partial charge >= 0.3 is 0 Å². The number of aryl methyl sites for hydroxylation is 1. The van der Waals surface area contributed by atoms with Crippen molar-refractivity contribution in [3.63, 3.8) is 0 Å². The van der Waals surface area contributed by atoms with Crippen LogP contribution in [0.2, 0.25) is 0 Å². The third-order valence-electron chi connectivity index (χ3n) is 3.64. The lowest BCUT2D eigenvalue weighted by molar-refractivity contribution is -0.124. The number of nitrogens with two attached hydrogens (primary N) is 1. The van der Waals surface area contributed by atoms with Crippen LogP contribution in [0.1, 0.15) is 37.8 Å². The van der Waals surface area contributed by atoms with Gasteiger partial charge in [-0.3, -0.25) is 4.79 Å². The van der Waals surface area contributed by atoms with Crippen LogP contribution in [0.4, 0.5) is 0 Å². The van der Waals surface area contributed by atoms with Crippen molar-refractivity contribution in [3.8, 4) is 0 Å². The van der Waals surface area contributed by atoms with Crippen molar-refractivity contribution in [1.29, 1.82) is 0 Å². The number of carbonyl (C=O) groups is 1. The van der Waals surface area contributed by atoms with Gasteiger partial charge in [0, 0.05) is 38.4 Å². The fourth-order valence-corrected chi connectivity index (χ4v) is 2.31. The van der Waals surface area contributed by atoms with Crippen LogP contribution < -0.4 is 11.1 Å². The summed E-state index contributed by atoms with van der Waals surface area (Å²) in [5.41, 5.74) is 5.46. The van der Waals surface area contributed by atoms with Gasteiger partial charge in [0.1, 0.15) is 11.6 Å². The SMILES string of the molecule is CC(CN)C(=O)NCCc1nnc2n1CCCCC2. The zero-order chi connectivity index (χ0) is 13.7. The minimum absolute atomic E-state index is 0.0121. The Bertz CT molecular complexity index is 429. The van der Waals surface area contributed by atoms with Crippen molar-refractivity contribution in [2.24, 2.45) is 11.7 Å². The molecule has 0 fully saturated rings. The highest BCUT2D eigenvalue weighted by Gasteiger charge is 2.15. The Morgan fingerprint density at radius 1 is 1.42 bits per heavy atom. The van der Waals surface area contributed by atoms with Crippen LogP contribution in [-0.4, -0.2) is 33.8 Å². The fourth-order valence-electron chi connectivity index (χ4n) is 2.31. The summed E-state index contributed by atoms with van der Waals surface area (Å²) in [4.78, 5) is 11.6. The Hall–Kier alpha value is -1.43. The van der Waals surface area contributed by atoms with Crippen molar-refractivity contribution < 1.29 is 4.79 Å². The topological polar surface area (TPSA) is 85.8 Å². The molecule has 2 heterocycles. The summed E-state index contributed by atoms with van der Waals surface area (Å²) < 4.78 is 2.21. The van der Waals surface area contributed by atoms with Crippen LogP contribution in [0.5, 0.6) is 0 Å². The molecule has 0 radical (unpaired) electrons. The van der Waals surface area contributed by atoms with E-state index in [1.807, 2.05) is 6.92 Å². The number of hydrogen-bond acceptors (Lipinski definition) is 4. The maximum atomic E-state index is 11.6. The molecule has 1 amide bonds. The van der Waals surface area contributed by atoms with Gasteiger partial charge in [-0.1, -0.05) is 13.3 Å². The molecule has 2 rings (SSSR count). The number of carbonyl (C=O) groups excluding carboxylic acids is 1. The average molecular weight is 265 g/mol. The minimum Gasteiger partial charge on any atom is -0.355 e. The zero-order valence-electron chi connectivity index (χ0n) is 11.6. The molecule has 0 bridgehead atoms. The fraction of sp³-hybridized carbons (Fsp3) is 0.769. The molecule has 0 aliphatic carbocycles. The van der Waals surface area contributed by atoms with Crippen LogP contribution in [0, 0.1) is 5.92 Å². The van der Waals surface area contributed by atoms with E-state index in [4.69, 9.17) is 5.73 Å². The Balaban J connectivity index is 1.87. The second-order valence-corrected chi connectivity index (χ2v) is 5.17. The molecule has 0 aromatic carbocycles. The minimum atomic E-state index is -0.129. The van der Waals surface area contributed by atoms with E-state index >= 15 is 0 Å². The highest BCUT2D eigenvalue weighted by atomic mass is 16.1. The number of fused-ring (bicyclic) bond motifs is 1. The zero-order valence-corrected chi connectivity index (χ0v) is 11.6. The molecule has 3 N–H and O–H groups in total. The van der Waals surface area contributed by atoms with E-state index in [9.17, 15) is 4.79 Å². The number of amides is 1. The van der Waals surface area contributed by atoms with Gasteiger partial charge in [0.15, 0.2) is 0 Å². The Morgan fingerprint density at radius 2 is 2.26 bits per heavy atom. The number of hydrogen-bond donors (Lipinski definition) is 2. The van der Waals surface area contributed by atoms with E-state index < -0.39 is 0 Å². The molecular weight excluding hydrogens is 242 g/mol. The quantitative estimate of drug-likeness (QED) is 0.799. The molecule has 1 unspecified atom stereocenters. The molecule has 0 spiro atoms. The van der Waals surface area contributed by atoms with Crippen molar-refractivity contribution in [2.45, 2.75) is 45.6 Å². The Labute approximate surface area is 113 Å². The molecule has 19 heavy (non-hydrogen) atoms. The van der Waals surface area contributed by atoms with Crippen LogP contribution in [0.15, 0.2) is 0 Å². The summed E-state index contributed by atoms with van der Waals surface area (Å²) in [6.45, 7) is 3.82. The van der Waals surface area contributed by atoms with E-state index in [1.165, 1.54) is 19.3 Å². The van der Waals surface area contributed by atoms with Crippen molar-refractivity contribution in [2.75, 3.05) is 13.1 Å². The second kappa shape index (κ2) is 6.65. The van der Waals surface area contributed by atoms with Crippen molar-refractivity contribution in [3.05, 3.63) is 11.6 Å². The third kappa shape index (κ3) is 3.53. The van der Waals surface area contributed by atoms with Gasteiger partial charge in [0.05, 0.1) is 0 Å². The number of rotatable bonds is 5. The monoisotopic (exact) mass is 265 g/mol. The van der Waals surface area contributed by atoms with Crippen LogP contribution >= 0.6 is 0 Å². The first kappa shape index (κ1) is 14.0. The molecule has 6 nitrogen and oxygen atoms in total. The van der Waals surface area contributed by atoms with Crippen LogP contribution in [0.25, 0.3) is 0 Å². The van der Waals surface area contributed by atoms with E-state index in [1.54, 1.807) is 0 Å². The molecular formula is C13H23N5O. The van der Waals surface area contributed by atoms with Gasteiger partial charge in [0.25, 0.3) is 0 Å². The molecule has 6 heteroatoms. The number of nitrogens with zero attached hydrogens (tertiary/aromatic N) is 3. The predicted octanol–water partition coefficient (Wildman–Crippen LogP) is 0.258. The molecule has 0 saturated carbocycles. The first-order valence-electron chi connectivity index (χ1n) is 7.11. The van der Waals surface area contributed by atoms with E-state index in [2.05, 4.69) is 20.1 Å². The molecule has 1 aliphatic heterocycles. The number of aromatic nitrogens is 3. The molecule has 1 aromatic heterocycles. The summed E-state index contributed by atoms with van der Waals surface area (Å²) in [5.74, 6) is 1.96. The van der Waals surface area contributed by atoms with E-state index in [0.717, 1.165) is 31.0 Å². The highest BCUT2D eigenvalue weighted by Crippen LogP contribution is 2.14. The first-order valence-corrected chi connectivity index (χ1v) is 7.11. The van der Waals surface area contributed by atoms with Crippen molar-refractivity contribution in [1.82, 2.24) is 20.1 Å². The lowest BCUT2D eigenvalue weighted by atomic mass is 10.2. The van der Waals surface area contributed by atoms with Gasteiger partial charge in [-0.2, -0.15) is 0 Å². The maximum absolute atomic E-state index is 11.6. The Morgan fingerprint density at radius 3 is 3.05 bits per heavy atom. The van der Waals surface area contributed by atoms with E-state index in [0.29, 0.717) is 13.1 Å². The molecule has 106 valence electrons. The molecule has 1 aromatic rings. The lowest BCUT2D eigenvalue weighted by Crippen LogP contribution is -2.34. The van der Waals surface area contributed by atoms with Gasteiger partial charge < -0.3 is 15.6 Å². The van der Waals surface area contributed by atoms with Crippen LogP contribution in [0.3, 0.4) is 0 Å². The standard InChI is InChI=1S/C13H23N5O/c1-10(9-14)13(19)15-7-6-12-17-16-11-5-3-2-4-8-18(11)12/h10H,2-9,14H2,1H3,(H,15,19). The van der Waals surface area contributed by atoms with E-state index in [-0.39, 0.29) is 11.8 Å². The van der Waals surface area contributed by atoms with Gasteiger partial charge in [-0.05, 0) is 12.8 Å². The largest absolute Gasteiger partial charge is 0.355 e. The summed E-state index contributed by atoms with van der Waals surface area (Å²) in [5, 5.41) is 11.4. The average Bonchev–Trinajstić information content (AvgIpc) is 2.66. The normalized spacial score (nSPS) is 16.5. The summed E-state index contributed by atoms with van der Waals surface area (Å²) in [7, 11) is 0. The van der Waals surface area contributed by atoms with Gasteiger partial charge in [-0.25, -0.2) is 0 Å².